The van der Waals surface area contributed by atoms with Crippen LogP contribution in [0.2, 0.25) is 0 Å². The Morgan fingerprint density at radius 2 is 1.71 bits per heavy atom. The third-order valence-electron chi connectivity index (χ3n) is 4.69. The van der Waals surface area contributed by atoms with Gasteiger partial charge in [0.1, 0.15) is 0 Å². The van der Waals surface area contributed by atoms with E-state index in [1.165, 1.54) is 63.8 Å². The summed E-state index contributed by atoms with van der Waals surface area (Å²) in [4.78, 5) is 2.68. The monoisotopic (exact) mass is 289 g/mol. The summed E-state index contributed by atoms with van der Waals surface area (Å²) in [6.45, 7) is 5.21. The number of nitrogens with zero attached hydrogens (tertiary/aromatic N) is 2. The van der Waals surface area contributed by atoms with Crippen LogP contribution in [0.1, 0.15) is 31.2 Å². The van der Waals surface area contributed by atoms with E-state index in [2.05, 4.69) is 56.4 Å². The Morgan fingerprint density at radius 1 is 1.05 bits per heavy atom. The minimum atomic E-state index is 0.944. The number of quaternary nitrogens is 1. The van der Waals surface area contributed by atoms with E-state index in [0.29, 0.717) is 0 Å². The van der Waals surface area contributed by atoms with Crippen molar-refractivity contribution in [2.24, 2.45) is 5.92 Å². The molecule has 1 heterocycles. The van der Waals surface area contributed by atoms with E-state index in [-0.39, 0.29) is 0 Å². The number of rotatable bonds is 7. The first-order chi connectivity index (χ1) is 10.0. The highest BCUT2D eigenvalue weighted by Gasteiger charge is 2.19. The van der Waals surface area contributed by atoms with Crippen molar-refractivity contribution in [1.82, 2.24) is 4.90 Å². The summed E-state index contributed by atoms with van der Waals surface area (Å²) in [6, 6.07) is 11.0. The van der Waals surface area contributed by atoms with Gasteiger partial charge in [-0.15, -0.1) is 0 Å². The summed E-state index contributed by atoms with van der Waals surface area (Å²) in [5, 5.41) is 0. The van der Waals surface area contributed by atoms with Crippen LogP contribution >= 0.6 is 0 Å². The molecule has 1 saturated heterocycles. The highest BCUT2D eigenvalue weighted by molar-refractivity contribution is 5.14. The van der Waals surface area contributed by atoms with Crippen molar-refractivity contribution in [3.8, 4) is 0 Å². The fourth-order valence-corrected chi connectivity index (χ4v) is 3.28. The van der Waals surface area contributed by atoms with Gasteiger partial charge in [0.2, 0.25) is 0 Å². The predicted octanol–water partition coefficient (Wildman–Crippen LogP) is 3.43. The molecule has 0 unspecified atom stereocenters. The van der Waals surface area contributed by atoms with E-state index in [0.717, 1.165) is 10.4 Å². The zero-order chi connectivity index (χ0) is 15.1. The number of benzene rings is 1. The molecule has 2 heteroatoms. The quantitative estimate of drug-likeness (QED) is 0.695. The van der Waals surface area contributed by atoms with Gasteiger partial charge in [0.15, 0.2) is 0 Å². The molecule has 0 aliphatic carbocycles. The first-order valence-corrected chi connectivity index (χ1v) is 8.60. The van der Waals surface area contributed by atoms with Crippen LogP contribution < -0.4 is 0 Å². The molecule has 2 nitrogen and oxygen atoms in total. The summed E-state index contributed by atoms with van der Waals surface area (Å²) < 4.78 is 1.09. The Labute approximate surface area is 131 Å². The second-order valence-corrected chi connectivity index (χ2v) is 7.68. The molecule has 1 fully saturated rings. The smallest absolute Gasteiger partial charge is 0.0792 e. The average molecular weight is 289 g/mol. The highest BCUT2D eigenvalue weighted by atomic mass is 15.3. The van der Waals surface area contributed by atoms with Crippen LogP contribution in [-0.4, -0.2) is 56.7 Å². The Morgan fingerprint density at radius 3 is 2.33 bits per heavy atom. The number of piperidine rings is 1. The van der Waals surface area contributed by atoms with E-state index in [1.807, 2.05) is 0 Å². The van der Waals surface area contributed by atoms with Crippen LogP contribution in [-0.2, 0) is 6.42 Å². The van der Waals surface area contributed by atoms with E-state index >= 15 is 0 Å². The van der Waals surface area contributed by atoms with E-state index < -0.39 is 0 Å². The number of hydrogen-bond donors (Lipinski definition) is 0. The molecule has 21 heavy (non-hydrogen) atoms. The molecule has 0 radical (unpaired) electrons. The van der Waals surface area contributed by atoms with Gasteiger partial charge in [-0.1, -0.05) is 30.3 Å². The van der Waals surface area contributed by atoms with E-state index in [9.17, 15) is 0 Å². The first-order valence-electron chi connectivity index (χ1n) is 8.60. The minimum absolute atomic E-state index is 0.944. The Bertz CT molecular complexity index is 386. The Balaban J connectivity index is 1.60. The SMILES string of the molecule is C[N+](C)(C)CCCN1CCC(CCc2ccccc2)CC1. The van der Waals surface area contributed by atoms with Gasteiger partial charge < -0.3 is 9.38 Å². The molecule has 0 amide bonds. The Kier molecular flexibility index (Phi) is 6.25. The van der Waals surface area contributed by atoms with Crippen molar-refractivity contribution in [3.63, 3.8) is 0 Å². The fourth-order valence-electron chi connectivity index (χ4n) is 3.28. The van der Waals surface area contributed by atoms with Crippen LogP contribution in [0.3, 0.4) is 0 Å². The summed E-state index contributed by atoms with van der Waals surface area (Å²) in [7, 11) is 6.86. The van der Waals surface area contributed by atoms with Crippen molar-refractivity contribution in [2.75, 3.05) is 47.3 Å². The van der Waals surface area contributed by atoms with Crippen molar-refractivity contribution < 1.29 is 4.48 Å². The molecule has 1 aromatic carbocycles. The van der Waals surface area contributed by atoms with Gasteiger partial charge in [-0.3, -0.25) is 0 Å². The van der Waals surface area contributed by atoms with Crippen molar-refractivity contribution in [1.29, 1.82) is 0 Å². The van der Waals surface area contributed by atoms with E-state index in [4.69, 9.17) is 0 Å². The molecule has 1 aliphatic rings. The predicted molar refractivity (Wildman–Crippen MR) is 91.4 cm³/mol. The maximum Gasteiger partial charge on any atom is 0.0792 e. The molecular formula is C19H33N2+. The van der Waals surface area contributed by atoms with Gasteiger partial charge in [-0.2, -0.15) is 0 Å². The maximum atomic E-state index is 2.68. The lowest BCUT2D eigenvalue weighted by molar-refractivity contribution is -0.870. The minimum Gasteiger partial charge on any atom is -0.331 e. The largest absolute Gasteiger partial charge is 0.331 e. The molecule has 118 valence electrons. The van der Waals surface area contributed by atoms with Crippen molar-refractivity contribution in [3.05, 3.63) is 35.9 Å². The van der Waals surface area contributed by atoms with Gasteiger partial charge in [-0.05, 0) is 50.3 Å². The summed E-state index contributed by atoms with van der Waals surface area (Å²) >= 11 is 0. The molecule has 0 bridgehead atoms. The summed E-state index contributed by atoms with van der Waals surface area (Å²) in [5.41, 5.74) is 1.50. The molecule has 0 aromatic heterocycles. The van der Waals surface area contributed by atoms with Crippen molar-refractivity contribution in [2.45, 2.75) is 32.1 Å². The number of likely N-dealkylation sites (tertiary alicyclic amines) is 1. The summed E-state index contributed by atoms with van der Waals surface area (Å²) in [6.07, 6.45) is 6.76. The molecule has 2 rings (SSSR count). The van der Waals surface area contributed by atoms with Crippen LogP contribution in [0.4, 0.5) is 0 Å². The molecule has 0 N–H and O–H groups in total. The lowest BCUT2D eigenvalue weighted by Gasteiger charge is -2.33. The second-order valence-electron chi connectivity index (χ2n) is 7.68. The topological polar surface area (TPSA) is 3.24 Å². The zero-order valence-electron chi connectivity index (χ0n) is 14.2. The third kappa shape index (κ3) is 6.62. The van der Waals surface area contributed by atoms with E-state index in [1.54, 1.807) is 0 Å². The molecule has 1 aromatic rings. The second kappa shape index (κ2) is 7.95. The molecule has 0 saturated carbocycles. The molecule has 0 atom stereocenters. The van der Waals surface area contributed by atoms with Gasteiger partial charge in [0, 0.05) is 13.0 Å². The van der Waals surface area contributed by atoms with Gasteiger partial charge in [-0.25, -0.2) is 0 Å². The zero-order valence-corrected chi connectivity index (χ0v) is 14.2. The third-order valence-corrected chi connectivity index (χ3v) is 4.69. The van der Waals surface area contributed by atoms with Crippen LogP contribution in [0.5, 0.6) is 0 Å². The standard InChI is InChI=1S/C19H33N2/c1-21(2,3)17-7-14-20-15-12-19(13-16-20)11-10-18-8-5-4-6-9-18/h4-6,8-9,19H,7,10-17H2,1-3H3/q+1. The first kappa shape index (κ1) is 16.5. The molecule has 0 spiro atoms. The maximum absolute atomic E-state index is 2.68. The Hall–Kier alpha value is -0.860. The normalized spacial score (nSPS) is 18.0. The average Bonchev–Trinajstić information content (AvgIpc) is 2.46. The van der Waals surface area contributed by atoms with Gasteiger partial charge in [0.25, 0.3) is 0 Å². The van der Waals surface area contributed by atoms with Gasteiger partial charge in [0.05, 0.1) is 27.7 Å². The van der Waals surface area contributed by atoms with Gasteiger partial charge >= 0.3 is 0 Å². The lowest BCUT2D eigenvalue weighted by Crippen LogP contribution is -2.39. The molecular weight excluding hydrogens is 256 g/mol. The number of hydrogen-bond acceptors (Lipinski definition) is 1. The summed E-state index contributed by atoms with van der Waals surface area (Å²) in [5.74, 6) is 0.944. The lowest BCUT2D eigenvalue weighted by atomic mass is 9.90. The molecule has 1 aliphatic heterocycles. The van der Waals surface area contributed by atoms with Crippen LogP contribution in [0, 0.1) is 5.92 Å². The van der Waals surface area contributed by atoms with Crippen molar-refractivity contribution >= 4 is 0 Å². The highest BCUT2D eigenvalue weighted by Crippen LogP contribution is 2.22. The van der Waals surface area contributed by atoms with Crippen LogP contribution in [0.25, 0.3) is 0 Å². The fraction of sp³-hybridized carbons (Fsp3) is 0.684. The van der Waals surface area contributed by atoms with Crippen LogP contribution in [0.15, 0.2) is 30.3 Å². The number of aryl methyl sites for hydroxylation is 1.